The van der Waals surface area contributed by atoms with Crippen LogP contribution < -0.4 is 16.0 Å². The minimum Gasteiger partial charge on any atom is -0.499 e. The summed E-state index contributed by atoms with van der Waals surface area (Å²) in [6.45, 7) is 15.2. The van der Waals surface area contributed by atoms with Crippen LogP contribution in [0.1, 0.15) is 73.8 Å². The lowest BCUT2D eigenvalue weighted by Gasteiger charge is -2.31. The van der Waals surface area contributed by atoms with E-state index in [-0.39, 0.29) is 23.7 Å². The molecule has 0 aliphatic carbocycles. The number of para-hydroxylation sites is 1. The van der Waals surface area contributed by atoms with Gasteiger partial charge in [0.05, 0.1) is 18.7 Å². The van der Waals surface area contributed by atoms with Gasteiger partial charge in [0.25, 0.3) is 11.8 Å². The predicted molar refractivity (Wildman–Crippen MR) is 199 cm³/mol. The van der Waals surface area contributed by atoms with Crippen molar-refractivity contribution in [2.45, 2.75) is 104 Å². The Labute approximate surface area is 302 Å². The van der Waals surface area contributed by atoms with Crippen LogP contribution in [0, 0.1) is 17.8 Å². The van der Waals surface area contributed by atoms with E-state index in [1.54, 1.807) is 13.8 Å². The standard InChI is InChI=1S/C39H58N6O6/c1-23(2)18-29(42-38(50)35(25(5)6)44(9)10)36(48)41-30(19-24(3)4)37(49)43-39(7,8)17-16-33(46)45-31(32(51-11)21-34(45)47)20-26-22-40-28-15-13-12-14-27(26)28/h12-17,21-25,29-31,35,40H,18-20H2,1-11H3,(H,41,48)(H,42,50)(H,43,49)/b17-16+/t29-,30-,31-,35-/m0/s1. The highest BCUT2D eigenvalue weighted by Gasteiger charge is 2.38. The number of hydrogen-bond donors (Lipinski definition) is 4. The van der Waals surface area contributed by atoms with Crippen molar-refractivity contribution < 1.29 is 28.7 Å². The molecule has 12 heteroatoms. The number of nitrogens with zero attached hydrogens (tertiary/aromatic N) is 2. The minimum atomic E-state index is -1.03. The van der Waals surface area contributed by atoms with Crippen LogP contribution in [0.15, 0.2) is 54.4 Å². The van der Waals surface area contributed by atoms with Gasteiger partial charge in [0.1, 0.15) is 23.9 Å². The smallest absolute Gasteiger partial charge is 0.257 e. The van der Waals surface area contributed by atoms with Crippen LogP contribution in [-0.2, 0) is 35.1 Å². The number of aromatic amines is 1. The number of fused-ring (bicyclic) bond motifs is 1. The Bertz CT molecular complexity index is 1610. The fraction of sp³-hybridized carbons (Fsp3) is 0.564. The number of imide groups is 1. The summed E-state index contributed by atoms with van der Waals surface area (Å²) in [5.74, 6) is -1.56. The molecule has 4 N–H and O–H groups in total. The maximum atomic E-state index is 13.7. The first-order valence-corrected chi connectivity index (χ1v) is 17.8. The number of ether oxygens (including phenoxy) is 1. The first-order valence-electron chi connectivity index (χ1n) is 17.8. The van der Waals surface area contributed by atoms with E-state index in [1.165, 1.54) is 30.2 Å². The van der Waals surface area contributed by atoms with Gasteiger partial charge in [-0.05, 0) is 70.2 Å². The van der Waals surface area contributed by atoms with E-state index in [4.69, 9.17) is 4.74 Å². The molecule has 0 radical (unpaired) electrons. The number of amides is 5. The van der Waals surface area contributed by atoms with E-state index in [2.05, 4.69) is 20.9 Å². The lowest BCUT2D eigenvalue weighted by atomic mass is 9.97. The van der Waals surface area contributed by atoms with Gasteiger partial charge in [0.2, 0.25) is 17.7 Å². The normalized spacial score (nSPS) is 17.0. The van der Waals surface area contributed by atoms with Crippen molar-refractivity contribution in [1.82, 2.24) is 30.7 Å². The molecule has 0 saturated carbocycles. The Balaban J connectivity index is 1.75. The molecule has 51 heavy (non-hydrogen) atoms. The van der Waals surface area contributed by atoms with E-state index < -0.39 is 53.3 Å². The zero-order valence-electron chi connectivity index (χ0n) is 32.1. The number of aromatic nitrogens is 1. The number of likely N-dealkylation sites (N-methyl/N-ethyl adjacent to an activating group) is 1. The molecule has 0 spiro atoms. The summed E-state index contributed by atoms with van der Waals surface area (Å²) in [5, 5.41) is 9.77. The number of hydrogen-bond acceptors (Lipinski definition) is 7. The van der Waals surface area contributed by atoms with Gasteiger partial charge in [-0.3, -0.25) is 33.8 Å². The first kappa shape index (κ1) is 41.0. The molecule has 280 valence electrons. The summed E-state index contributed by atoms with van der Waals surface area (Å²) in [7, 11) is 5.13. The molecule has 0 bridgehead atoms. The third kappa shape index (κ3) is 11.0. The van der Waals surface area contributed by atoms with Crippen LogP contribution in [0.25, 0.3) is 10.9 Å². The molecule has 2 heterocycles. The van der Waals surface area contributed by atoms with E-state index in [0.29, 0.717) is 25.0 Å². The topological polar surface area (TPSA) is 153 Å². The molecule has 1 aromatic carbocycles. The van der Waals surface area contributed by atoms with Crippen molar-refractivity contribution in [3.63, 3.8) is 0 Å². The van der Waals surface area contributed by atoms with Crippen LogP contribution >= 0.6 is 0 Å². The fourth-order valence-electron chi connectivity index (χ4n) is 6.60. The zero-order valence-corrected chi connectivity index (χ0v) is 32.1. The van der Waals surface area contributed by atoms with Crippen LogP contribution in [-0.4, -0.2) is 95.2 Å². The third-order valence-electron chi connectivity index (χ3n) is 8.93. The molecule has 1 aliphatic heterocycles. The number of methoxy groups -OCH3 is 1. The fourth-order valence-corrected chi connectivity index (χ4v) is 6.60. The van der Waals surface area contributed by atoms with Gasteiger partial charge in [-0.2, -0.15) is 0 Å². The van der Waals surface area contributed by atoms with Crippen molar-refractivity contribution in [2.75, 3.05) is 21.2 Å². The summed E-state index contributed by atoms with van der Waals surface area (Å²) in [5.41, 5.74) is 0.862. The Kier molecular flexibility index (Phi) is 14.2. The summed E-state index contributed by atoms with van der Waals surface area (Å²) in [6, 6.07) is 5.02. The highest BCUT2D eigenvalue weighted by molar-refractivity contribution is 6.08. The molecule has 4 atom stereocenters. The van der Waals surface area contributed by atoms with Crippen LogP contribution in [0.2, 0.25) is 0 Å². The number of benzene rings is 1. The molecule has 5 amide bonds. The number of rotatable bonds is 17. The third-order valence-corrected chi connectivity index (χ3v) is 8.93. The SMILES string of the molecule is COC1=CC(=O)N(C(=O)/C=C/C(C)(C)NC(=O)[C@H](CC(C)C)NC(=O)[C@H](CC(C)C)NC(=O)[C@H](C(C)C)N(C)C)[C@H]1Cc1c[nH]c2ccccc12. The molecule has 2 aromatic rings. The van der Waals surface area contributed by atoms with Crippen molar-refractivity contribution in [1.29, 1.82) is 0 Å². The highest BCUT2D eigenvalue weighted by atomic mass is 16.5. The molecule has 0 saturated heterocycles. The second-order valence-corrected chi connectivity index (χ2v) is 15.5. The summed E-state index contributed by atoms with van der Waals surface area (Å²) in [6.07, 6.45) is 7.14. The van der Waals surface area contributed by atoms with Crippen molar-refractivity contribution in [3.05, 3.63) is 60.0 Å². The number of nitrogens with one attached hydrogen (secondary N) is 4. The predicted octanol–water partition coefficient (Wildman–Crippen LogP) is 4.08. The van der Waals surface area contributed by atoms with Crippen molar-refractivity contribution in [3.8, 4) is 0 Å². The number of H-pyrrole nitrogens is 1. The van der Waals surface area contributed by atoms with Gasteiger partial charge in [-0.1, -0.05) is 65.8 Å². The molecule has 1 aromatic heterocycles. The Hall–Kier alpha value is -4.45. The average Bonchev–Trinajstić information content (AvgIpc) is 3.58. The maximum Gasteiger partial charge on any atom is 0.257 e. The van der Waals surface area contributed by atoms with Crippen LogP contribution in [0.3, 0.4) is 0 Å². The van der Waals surface area contributed by atoms with E-state index in [1.807, 2.05) is 91.0 Å². The average molecular weight is 707 g/mol. The van der Waals surface area contributed by atoms with E-state index in [9.17, 15) is 24.0 Å². The molecular weight excluding hydrogens is 648 g/mol. The monoisotopic (exact) mass is 706 g/mol. The lowest BCUT2D eigenvalue weighted by Crippen LogP contribution is -2.58. The lowest BCUT2D eigenvalue weighted by molar-refractivity contribution is -0.139. The van der Waals surface area contributed by atoms with E-state index >= 15 is 0 Å². The molecular formula is C39H58N6O6. The molecule has 0 unspecified atom stereocenters. The summed E-state index contributed by atoms with van der Waals surface area (Å²) >= 11 is 0. The molecule has 12 nitrogen and oxygen atoms in total. The van der Waals surface area contributed by atoms with Gasteiger partial charge in [0, 0.05) is 35.7 Å². The summed E-state index contributed by atoms with van der Waals surface area (Å²) < 4.78 is 5.51. The highest BCUT2D eigenvalue weighted by Crippen LogP contribution is 2.28. The molecule has 0 fully saturated rings. The van der Waals surface area contributed by atoms with Gasteiger partial charge in [0.15, 0.2) is 0 Å². The minimum absolute atomic E-state index is 0.0247. The quantitative estimate of drug-likeness (QED) is 0.181. The second kappa shape index (κ2) is 17.7. The zero-order chi connectivity index (χ0) is 38.2. The maximum absolute atomic E-state index is 13.7. The van der Waals surface area contributed by atoms with Gasteiger partial charge < -0.3 is 25.7 Å². The number of carbonyl (C=O) groups excluding carboxylic acids is 5. The van der Waals surface area contributed by atoms with Gasteiger partial charge in [-0.15, -0.1) is 0 Å². The first-order chi connectivity index (χ1) is 23.8. The Morgan fingerprint density at radius 3 is 2.10 bits per heavy atom. The van der Waals surface area contributed by atoms with Crippen LogP contribution in [0.4, 0.5) is 0 Å². The number of carbonyl (C=O) groups is 5. The van der Waals surface area contributed by atoms with Gasteiger partial charge >= 0.3 is 0 Å². The molecule has 1 aliphatic rings. The largest absolute Gasteiger partial charge is 0.499 e. The van der Waals surface area contributed by atoms with Gasteiger partial charge in [-0.25, -0.2) is 0 Å². The Morgan fingerprint density at radius 2 is 1.53 bits per heavy atom. The second-order valence-electron chi connectivity index (χ2n) is 15.5. The summed E-state index contributed by atoms with van der Waals surface area (Å²) in [4.78, 5) is 73.5. The van der Waals surface area contributed by atoms with Crippen molar-refractivity contribution in [2.24, 2.45) is 17.8 Å². The molecule has 3 rings (SSSR count). The Morgan fingerprint density at radius 1 is 0.941 bits per heavy atom. The van der Waals surface area contributed by atoms with E-state index in [0.717, 1.165) is 16.5 Å². The van der Waals surface area contributed by atoms with Crippen molar-refractivity contribution >= 4 is 40.4 Å². The van der Waals surface area contributed by atoms with Crippen LogP contribution in [0.5, 0.6) is 0 Å².